The molecule has 1 N–H and O–H groups in total. The number of nitrogens with one attached hydrogen (secondary N) is 1. The molecule has 2 aliphatic rings. The monoisotopic (exact) mass is 482 g/mol. The first kappa shape index (κ1) is 25.4. The van der Waals surface area contributed by atoms with Crippen molar-refractivity contribution in [3.63, 3.8) is 0 Å². The van der Waals surface area contributed by atoms with Gasteiger partial charge < -0.3 is 19.7 Å². The molecule has 2 amide bonds. The van der Waals surface area contributed by atoms with Crippen molar-refractivity contribution in [1.29, 1.82) is 0 Å². The molecule has 0 unspecified atom stereocenters. The number of ether oxygens (including phenoxy) is 2. The van der Waals surface area contributed by atoms with Crippen molar-refractivity contribution in [1.82, 2.24) is 14.1 Å². The average molecular weight is 483 g/mol. The molecular weight excluding hydrogens is 448 g/mol. The molecule has 11 heteroatoms. The Labute approximate surface area is 195 Å². The fourth-order valence-corrected chi connectivity index (χ4v) is 5.10. The van der Waals surface area contributed by atoms with Gasteiger partial charge in [-0.2, -0.15) is 4.31 Å². The number of amides is 2. The van der Waals surface area contributed by atoms with Crippen LogP contribution in [-0.4, -0.2) is 100 Å². The van der Waals surface area contributed by atoms with Crippen LogP contribution in [0.15, 0.2) is 29.2 Å². The van der Waals surface area contributed by atoms with Crippen molar-refractivity contribution in [3.05, 3.63) is 24.3 Å². The van der Waals surface area contributed by atoms with E-state index in [1.807, 2.05) is 18.7 Å². The van der Waals surface area contributed by atoms with Crippen molar-refractivity contribution in [2.45, 2.75) is 25.2 Å². The number of hydrogen-bond donors (Lipinski definition) is 1. The molecule has 2 aliphatic heterocycles. The standard InChI is InChI=1S/C22H34N4O6S/c1-18(2)17-32-22(28)25-9-3-8-24(10-11-25)16-21(27)23-19-4-6-20(7-5-19)33(29,30)26-12-14-31-15-13-26/h4-7,18H,3,8-17H2,1-2H3,(H,23,27). The number of rotatable bonds is 7. The van der Waals surface area contributed by atoms with E-state index in [1.165, 1.54) is 16.4 Å². The summed E-state index contributed by atoms with van der Waals surface area (Å²) in [6.07, 6.45) is 0.458. The molecule has 0 bridgehead atoms. The van der Waals surface area contributed by atoms with E-state index in [9.17, 15) is 18.0 Å². The first-order chi connectivity index (χ1) is 15.8. The zero-order valence-electron chi connectivity index (χ0n) is 19.4. The zero-order valence-corrected chi connectivity index (χ0v) is 20.2. The summed E-state index contributed by atoms with van der Waals surface area (Å²) in [6, 6.07) is 6.21. The van der Waals surface area contributed by atoms with Gasteiger partial charge in [0.25, 0.3) is 0 Å². The fourth-order valence-electron chi connectivity index (χ4n) is 3.69. The highest BCUT2D eigenvalue weighted by molar-refractivity contribution is 7.89. The molecule has 2 heterocycles. The van der Waals surface area contributed by atoms with Crippen LogP contribution in [0, 0.1) is 5.92 Å². The SMILES string of the molecule is CC(C)COC(=O)N1CCCN(CC(=O)Nc2ccc(S(=O)(=O)N3CCOCC3)cc2)CC1. The van der Waals surface area contributed by atoms with E-state index in [2.05, 4.69) is 5.32 Å². The summed E-state index contributed by atoms with van der Waals surface area (Å²) in [4.78, 5) is 28.6. The number of carbonyl (C=O) groups excluding carboxylic acids is 2. The van der Waals surface area contributed by atoms with Gasteiger partial charge in [0.1, 0.15) is 0 Å². The van der Waals surface area contributed by atoms with Crippen LogP contribution in [-0.2, 0) is 24.3 Å². The van der Waals surface area contributed by atoms with E-state index in [4.69, 9.17) is 9.47 Å². The molecule has 0 radical (unpaired) electrons. The Bertz CT molecular complexity index is 900. The molecule has 3 rings (SSSR count). The number of sulfonamides is 1. The van der Waals surface area contributed by atoms with Crippen molar-refractivity contribution >= 4 is 27.7 Å². The van der Waals surface area contributed by atoms with Gasteiger partial charge in [-0.1, -0.05) is 13.8 Å². The number of morpholine rings is 1. The average Bonchev–Trinajstić information content (AvgIpc) is 3.04. The minimum atomic E-state index is -3.57. The highest BCUT2D eigenvalue weighted by Crippen LogP contribution is 2.19. The van der Waals surface area contributed by atoms with Crippen LogP contribution in [0.25, 0.3) is 0 Å². The summed E-state index contributed by atoms with van der Waals surface area (Å²) < 4.78 is 37.3. The molecule has 1 aromatic rings. The predicted octanol–water partition coefficient (Wildman–Crippen LogP) is 1.45. The van der Waals surface area contributed by atoms with E-state index in [0.29, 0.717) is 64.8 Å². The van der Waals surface area contributed by atoms with Crippen LogP contribution in [0.2, 0.25) is 0 Å². The van der Waals surface area contributed by atoms with Gasteiger partial charge >= 0.3 is 6.09 Å². The lowest BCUT2D eigenvalue weighted by atomic mass is 10.2. The van der Waals surface area contributed by atoms with Crippen molar-refractivity contribution < 1.29 is 27.5 Å². The number of nitrogens with zero attached hydrogens (tertiary/aromatic N) is 3. The van der Waals surface area contributed by atoms with Gasteiger partial charge in [-0.05, 0) is 36.6 Å². The largest absolute Gasteiger partial charge is 0.449 e. The van der Waals surface area contributed by atoms with Crippen LogP contribution < -0.4 is 5.32 Å². The second kappa shape index (κ2) is 11.8. The van der Waals surface area contributed by atoms with Crippen molar-refractivity contribution in [2.75, 3.05) is 71.0 Å². The maximum atomic E-state index is 12.7. The van der Waals surface area contributed by atoms with E-state index in [0.717, 1.165) is 6.42 Å². The number of anilines is 1. The summed E-state index contributed by atoms with van der Waals surface area (Å²) in [7, 11) is -3.57. The summed E-state index contributed by atoms with van der Waals surface area (Å²) in [6.45, 7) is 8.44. The Morgan fingerprint density at radius 1 is 1.03 bits per heavy atom. The molecule has 0 atom stereocenters. The quantitative estimate of drug-likeness (QED) is 0.627. The smallest absolute Gasteiger partial charge is 0.409 e. The Morgan fingerprint density at radius 3 is 2.39 bits per heavy atom. The Kier molecular flexibility index (Phi) is 9.07. The number of benzene rings is 1. The molecule has 0 aliphatic carbocycles. The number of hydrogen-bond acceptors (Lipinski definition) is 7. The Hall–Kier alpha value is -2.21. The minimum absolute atomic E-state index is 0.186. The van der Waals surface area contributed by atoms with Crippen LogP contribution in [0.4, 0.5) is 10.5 Å². The summed E-state index contributed by atoms with van der Waals surface area (Å²) in [5, 5.41) is 2.82. The molecular formula is C22H34N4O6S. The minimum Gasteiger partial charge on any atom is -0.449 e. The predicted molar refractivity (Wildman–Crippen MR) is 123 cm³/mol. The summed E-state index contributed by atoms with van der Waals surface area (Å²) in [5.74, 6) is 0.101. The van der Waals surface area contributed by atoms with Gasteiger partial charge in [-0.25, -0.2) is 13.2 Å². The third-order valence-electron chi connectivity index (χ3n) is 5.50. The molecule has 0 saturated carbocycles. The fraction of sp³-hybridized carbons (Fsp3) is 0.636. The highest BCUT2D eigenvalue weighted by atomic mass is 32.2. The molecule has 10 nitrogen and oxygen atoms in total. The van der Waals surface area contributed by atoms with Gasteiger partial charge in [0, 0.05) is 45.0 Å². The molecule has 184 valence electrons. The van der Waals surface area contributed by atoms with Gasteiger partial charge in [-0.15, -0.1) is 0 Å². The lowest BCUT2D eigenvalue weighted by molar-refractivity contribution is -0.117. The molecule has 0 spiro atoms. The molecule has 33 heavy (non-hydrogen) atoms. The normalized spacial score (nSPS) is 18.7. The van der Waals surface area contributed by atoms with Crippen LogP contribution in [0.3, 0.4) is 0 Å². The van der Waals surface area contributed by atoms with Gasteiger partial charge in [0.05, 0.1) is 31.3 Å². The molecule has 2 fully saturated rings. The third-order valence-corrected chi connectivity index (χ3v) is 7.41. The topological polar surface area (TPSA) is 108 Å². The first-order valence-electron chi connectivity index (χ1n) is 11.4. The maximum Gasteiger partial charge on any atom is 0.409 e. The molecule has 1 aromatic carbocycles. The van der Waals surface area contributed by atoms with E-state index in [-0.39, 0.29) is 29.4 Å². The second-order valence-corrected chi connectivity index (χ2v) is 10.6. The highest BCUT2D eigenvalue weighted by Gasteiger charge is 2.26. The van der Waals surface area contributed by atoms with Gasteiger partial charge in [0.2, 0.25) is 15.9 Å². The van der Waals surface area contributed by atoms with Crippen molar-refractivity contribution in [2.24, 2.45) is 5.92 Å². The van der Waals surface area contributed by atoms with Crippen LogP contribution >= 0.6 is 0 Å². The Balaban J connectivity index is 1.48. The second-order valence-electron chi connectivity index (χ2n) is 8.68. The summed E-state index contributed by atoms with van der Waals surface area (Å²) in [5.41, 5.74) is 0.537. The van der Waals surface area contributed by atoms with Gasteiger partial charge in [-0.3, -0.25) is 9.69 Å². The van der Waals surface area contributed by atoms with Crippen LogP contribution in [0.1, 0.15) is 20.3 Å². The number of carbonyl (C=O) groups is 2. The van der Waals surface area contributed by atoms with Crippen LogP contribution in [0.5, 0.6) is 0 Å². The maximum absolute atomic E-state index is 12.7. The third kappa shape index (κ3) is 7.39. The zero-order chi connectivity index (χ0) is 23.8. The van der Waals surface area contributed by atoms with E-state index >= 15 is 0 Å². The lowest BCUT2D eigenvalue weighted by Gasteiger charge is -2.26. The first-order valence-corrected chi connectivity index (χ1v) is 12.8. The lowest BCUT2D eigenvalue weighted by Crippen LogP contribution is -2.40. The Morgan fingerprint density at radius 2 is 1.73 bits per heavy atom. The van der Waals surface area contributed by atoms with Crippen molar-refractivity contribution in [3.8, 4) is 0 Å². The van der Waals surface area contributed by atoms with E-state index in [1.54, 1.807) is 17.0 Å². The molecule has 0 aromatic heterocycles. The summed E-state index contributed by atoms with van der Waals surface area (Å²) >= 11 is 0. The van der Waals surface area contributed by atoms with E-state index < -0.39 is 10.0 Å². The molecule has 2 saturated heterocycles. The van der Waals surface area contributed by atoms with Gasteiger partial charge in [0.15, 0.2) is 0 Å².